The summed E-state index contributed by atoms with van der Waals surface area (Å²) < 4.78 is 15.4. The van der Waals surface area contributed by atoms with E-state index in [-0.39, 0.29) is 29.2 Å². The third-order valence-corrected chi connectivity index (χ3v) is 7.90. The number of nitrogens with zero attached hydrogens (tertiary/aromatic N) is 8. The van der Waals surface area contributed by atoms with Gasteiger partial charge in [-0.2, -0.15) is 21.7 Å². The fraction of sp³-hybridized carbons (Fsp3) is 0.391. The van der Waals surface area contributed by atoms with Crippen LogP contribution in [0.25, 0.3) is 5.69 Å². The fourth-order valence-electron chi connectivity index (χ4n) is 4.58. The Kier molecular flexibility index (Phi) is 6.26. The number of aromatic nitrogens is 5. The van der Waals surface area contributed by atoms with Crippen LogP contribution in [0.15, 0.2) is 36.8 Å². The van der Waals surface area contributed by atoms with Crippen molar-refractivity contribution in [3.05, 3.63) is 65.0 Å². The van der Waals surface area contributed by atoms with Gasteiger partial charge in [-0.05, 0) is 46.7 Å². The van der Waals surface area contributed by atoms with Crippen LogP contribution in [0.4, 0.5) is 4.39 Å². The van der Waals surface area contributed by atoms with E-state index in [9.17, 15) is 14.4 Å². The summed E-state index contributed by atoms with van der Waals surface area (Å²) in [5.74, 6) is 0.489. The largest absolute Gasteiger partial charge is 0.339 e. The first-order valence-corrected chi connectivity index (χ1v) is 12.1. The molecule has 174 valence electrons. The maximum atomic E-state index is 13.9. The van der Waals surface area contributed by atoms with Crippen molar-refractivity contribution in [1.82, 2.24) is 35.0 Å². The van der Waals surface area contributed by atoms with Crippen LogP contribution in [0.2, 0.25) is 0 Å². The molecule has 9 nitrogen and oxygen atoms in total. The number of halogens is 1. The van der Waals surface area contributed by atoms with Crippen LogP contribution in [-0.4, -0.2) is 78.9 Å². The van der Waals surface area contributed by atoms with Gasteiger partial charge in [0.25, 0.3) is 0 Å². The van der Waals surface area contributed by atoms with E-state index in [1.54, 1.807) is 12.3 Å². The lowest BCUT2D eigenvalue weighted by atomic mass is 9.99. The maximum Gasteiger partial charge on any atom is 0.228 e. The Hall–Kier alpha value is -3.36. The molecule has 2 aliphatic heterocycles. The highest BCUT2D eigenvalue weighted by molar-refractivity contribution is 7.99. The van der Waals surface area contributed by atoms with Gasteiger partial charge in [-0.15, -0.1) is 5.10 Å². The number of nitriles is 1. The molecule has 0 spiro atoms. The zero-order valence-corrected chi connectivity index (χ0v) is 19.5. The van der Waals surface area contributed by atoms with Crippen molar-refractivity contribution >= 4 is 17.7 Å². The van der Waals surface area contributed by atoms with Gasteiger partial charge in [-0.25, -0.2) is 4.39 Å². The van der Waals surface area contributed by atoms with Crippen molar-refractivity contribution < 1.29 is 9.18 Å². The summed E-state index contributed by atoms with van der Waals surface area (Å²) in [6, 6.07) is 9.15. The molecule has 2 fully saturated rings. The van der Waals surface area contributed by atoms with Gasteiger partial charge in [0.2, 0.25) is 5.91 Å². The van der Waals surface area contributed by atoms with E-state index in [4.69, 9.17) is 0 Å². The number of thioether (sulfide) groups is 1. The molecule has 3 aromatic rings. The molecule has 0 radical (unpaired) electrons. The van der Waals surface area contributed by atoms with Gasteiger partial charge in [-0.1, -0.05) is 6.07 Å². The highest BCUT2D eigenvalue weighted by Gasteiger charge is 2.36. The number of piperazine rings is 1. The maximum absolute atomic E-state index is 13.9. The smallest absolute Gasteiger partial charge is 0.228 e. The number of carbonyl (C=O) groups is 1. The van der Waals surface area contributed by atoms with Gasteiger partial charge in [0.1, 0.15) is 18.2 Å². The molecule has 2 atom stereocenters. The van der Waals surface area contributed by atoms with Crippen molar-refractivity contribution in [3.63, 3.8) is 0 Å². The van der Waals surface area contributed by atoms with Crippen molar-refractivity contribution in [2.75, 3.05) is 31.9 Å². The Morgan fingerprint density at radius 2 is 2.15 bits per heavy atom. The Labute approximate surface area is 200 Å². The fourth-order valence-corrected chi connectivity index (χ4v) is 6.09. The molecular weight excluding hydrogens is 455 g/mol. The lowest BCUT2D eigenvalue weighted by molar-refractivity contribution is -0.133. The SMILES string of the molecule is Cc1c([C@H]2CN3CCN(C(=O)Cc4ccc(-n5cnnn5)cn4)C[C@H]3CS2)ccc(F)c1C#N. The van der Waals surface area contributed by atoms with Gasteiger partial charge in [0.05, 0.1) is 23.9 Å². The van der Waals surface area contributed by atoms with Crippen LogP contribution in [0, 0.1) is 24.1 Å². The average Bonchev–Trinajstić information content (AvgIpc) is 3.39. The standard InChI is InChI=1S/C23H23FN8OS/c1-15-19(4-5-21(24)20(15)9-25)22-12-30-6-7-31(11-18(30)13-34-22)23(33)8-16-2-3-17(10-26-16)32-14-27-28-29-32/h2-5,10,14,18,22H,6-8,11-13H2,1H3/t18-,22+/m0/s1. The summed E-state index contributed by atoms with van der Waals surface area (Å²) >= 11 is 1.82. The second-order valence-electron chi connectivity index (χ2n) is 8.50. The van der Waals surface area contributed by atoms with Crippen molar-refractivity contribution in [1.29, 1.82) is 5.26 Å². The third kappa shape index (κ3) is 4.38. The number of rotatable bonds is 4. The molecule has 2 saturated heterocycles. The molecule has 0 bridgehead atoms. The summed E-state index contributed by atoms with van der Waals surface area (Å²) in [6.07, 6.45) is 3.40. The molecule has 1 aromatic carbocycles. The number of benzene rings is 1. The average molecular weight is 479 g/mol. The first-order chi connectivity index (χ1) is 16.5. The van der Waals surface area contributed by atoms with E-state index in [0.29, 0.717) is 18.8 Å². The molecule has 2 aromatic heterocycles. The molecule has 11 heteroatoms. The van der Waals surface area contributed by atoms with E-state index >= 15 is 0 Å². The second kappa shape index (κ2) is 9.48. The van der Waals surface area contributed by atoms with Crippen molar-refractivity contribution in [2.24, 2.45) is 0 Å². The van der Waals surface area contributed by atoms with Gasteiger partial charge >= 0.3 is 0 Å². The number of hydrogen-bond donors (Lipinski definition) is 0. The molecule has 5 rings (SSSR count). The number of hydrogen-bond acceptors (Lipinski definition) is 8. The lowest BCUT2D eigenvalue weighted by Gasteiger charge is -2.46. The third-order valence-electron chi connectivity index (χ3n) is 6.52. The van der Waals surface area contributed by atoms with Gasteiger partial charge in [0.15, 0.2) is 0 Å². The Morgan fingerprint density at radius 3 is 2.88 bits per heavy atom. The molecule has 0 aliphatic carbocycles. The predicted octanol–water partition coefficient (Wildman–Crippen LogP) is 1.92. The Balaban J connectivity index is 1.19. The highest BCUT2D eigenvalue weighted by Crippen LogP contribution is 2.39. The van der Waals surface area contributed by atoms with E-state index < -0.39 is 5.82 Å². The number of amides is 1. The zero-order valence-electron chi connectivity index (χ0n) is 18.6. The summed E-state index contributed by atoms with van der Waals surface area (Å²) in [4.78, 5) is 21.7. The number of fused-ring (bicyclic) bond motifs is 1. The molecule has 4 heterocycles. The summed E-state index contributed by atoms with van der Waals surface area (Å²) in [5, 5.41) is 20.5. The first-order valence-electron chi connectivity index (χ1n) is 11.0. The normalized spacial score (nSPS) is 20.6. The summed E-state index contributed by atoms with van der Waals surface area (Å²) in [5.41, 5.74) is 3.33. The molecule has 0 unspecified atom stereocenters. The van der Waals surface area contributed by atoms with Crippen LogP contribution in [-0.2, 0) is 11.2 Å². The minimum absolute atomic E-state index is 0.0717. The van der Waals surface area contributed by atoms with Crippen LogP contribution >= 0.6 is 11.8 Å². The topological polar surface area (TPSA) is 104 Å². The highest BCUT2D eigenvalue weighted by atomic mass is 32.2. The zero-order chi connectivity index (χ0) is 23.7. The van der Waals surface area contributed by atoms with Gasteiger partial charge < -0.3 is 4.90 Å². The minimum atomic E-state index is -0.464. The summed E-state index contributed by atoms with van der Waals surface area (Å²) in [6.45, 7) is 4.80. The van der Waals surface area contributed by atoms with Crippen molar-refractivity contribution in [2.45, 2.75) is 24.6 Å². The molecule has 34 heavy (non-hydrogen) atoms. The minimum Gasteiger partial charge on any atom is -0.339 e. The second-order valence-corrected chi connectivity index (χ2v) is 9.73. The van der Waals surface area contributed by atoms with Gasteiger partial charge in [-0.3, -0.25) is 14.7 Å². The molecule has 0 saturated carbocycles. The monoisotopic (exact) mass is 478 g/mol. The van der Waals surface area contributed by atoms with Crippen LogP contribution < -0.4 is 0 Å². The molecule has 2 aliphatic rings. The predicted molar refractivity (Wildman–Crippen MR) is 124 cm³/mol. The molecule has 1 amide bonds. The summed E-state index contributed by atoms with van der Waals surface area (Å²) in [7, 11) is 0. The molecule has 0 N–H and O–H groups in total. The van der Waals surface area contributed by atoms with E-state index in [0.717, 1.165) is 35.7 Å². The lowest BCUT2D eigenvalue weighted by Crippen LogP contribution is -2.58. The van der Waals surface area contributed by atoms with Crippen LogP contribution in [0.5, 0.6) is 0 Å². The van der Waals surface area contributed by atoms with E-state index in [1.807, 2.05) is 41.8 Å². The number of pyridine rings is 1. The Morgan fingerprint density at radius 1 is 1.26 bits per heavy atom. The van der Waals surface area contributed by atoms with Crippen molar-refractivity contribution in [3.8, 4) is 11.8 Å². The number of carbonyl (C=O) groups excluding carboxylic acids is 1. The van der Waals surface area contributed by atoms with E-state index in [2.05, 4.69) is 25.4 Å². The van der Waals surface area contributed by atoms with Crippen LogP contribution in [0.1, 0.15) is 27.6 Å². The quantitative estimate of drug-likeness (QED) is 0.560. The first kappa shape index (κ1) is 22.4. The van der Waals surface area contributed by atoms with E-state index in [1.165, 1.54) is 17.1 Å². The van der Waals surface area contributed by atoms with Crippen LogP contribution in [0.3, 0.4) is 0 Å². The molecular formula is C23H23FN8OS. The number of tetrazole rings is 1. The van der Waals surface area contributed by atoms with Gasteiger partial charge in [0, 0.05) is 48.9 Å². The Bertz CT molecular complexity index is 1230.